The molecule has 0 atom stereocenters. The minimum atomic E-state index is 1.11. The Balaban J connectivity index is 2.08. The summed E-state index contributed by atoms with van der Waals surface area (Å²) < 4.78 is 0. The van der Waals surface area contributed by atoms with Crippen LogP contribution in [0.25, 0.3) is 32.7 Å². The molecule has 0 radical (unpaired) electrons. The fourth-order valence-corrected chi connectivity index (χ4v) is 4.08. The fourth-order valence-electron chi connectivity index (χ4n) is 4.08. The summed E-state index contributed by atoms with van der Waals surface area (Å²) >= 11 is 0. The summed E-state index contributed by atoms with van der Waals surface area (Å²) in [7, 11) is 0. The van der Waals surface area contributed by atoms with E-state index < -0.39 is 0 Å². The third-order valence-electron chi connectivity index (χ3n) is 5.22. The van der Waals surface area contributed by atoms with E-state index >= 15 is 0 Å². The maximum atomic E-state index is 2.38. The van der Waals surface area contributed by atoms with Crippen molar-refractivity contribution in [1.82, 2.24) is 0 Å². The molecule has 0 aromatic heterocycles. The molecule has 4 rings (SSSR count). The minimum Gasteiger partial charge on any atom is -0.0651 e. The predicted molar refractivity (Wildman–Crippen MR) is 110 cm³/mol. The van der Waals surface area contributed by atoms with Crippen molar-refractivity contribution >= 4 is 21.5 Å². The first-order valence-corrected chi connectivity index (χ1v) is 9.20. The van der Waals surface area contributed by atoms with E-state index in [1.807, 2.05) is 0 Å². The van der Waals surface area contributed by atoms with Crippen LogP contribution in [0.15, 0.2) is 66.7 Å². The van der Waals surface area contributed by atoms with Gasteiger partial charge in [0.05, 0.1) is 0 Å². The van der Waals surface area contributed by atoms with Gasteiger partial charge in [0.2, 0.25) is 0 Å². The van der Waals surface area contributed by atoms with Gasteiger partial charge in [-0.3, -0.25) is 0 Å². The molecular weight excluding hydrogens is 300 g/mol. The molecule has 0 amide bonds. The molecule has 0 heteroatoms. The first-order chi connectivity index (χ1) is 12.2. The van der Waals surface area contributed by atoms with E-state index in [2.05, 4.69) is 87.5 Å². The van der Waals surface area contributed by atoms with Crippen molar-refractivity contribution in [2.75, 3.05) is 0 Å². The Bertz CT molecular complexity index is 1070. The Morgan fingerprint density at radius 3 is 2.00 bits per heavy atom. The van der Waals surface area contributed by atoms with E-state index in [0.29, 0.717) is 0 Å². The Hall–Kier alpha value is -2.60. The van der Waals surface area contributed by atoms with Crippen LogP contribution in [-0.2, 0) is 6.42 Å². The highest BCUT2D eigenvalue weighted by atomic mass is 14.2. The molecule has 0 nitrogen and oxygen atoms in total. The van der Waals surface area contributed by atoms with Gasteiger partial charge in [-0.1, -0.05) is 74.0 Å². The lowest BCUT2D eigenvalue weighted by molar-refractivity contribution is 0.930. The van der Waals surface area contributed by atoms with Gasteiger partial charge in [-0.25, -0.2) is 0 Å². The highest BCUT2D eigenvalue weighted by molar-refractivity contribution is 5.96. The summed E-state index contributed by atoms with van der Waals surface area (Å²) in [5, 5.41) is 5.39. The van der Waals surface area contributed by atoms with E-state index in [1.54, 1.807) is 0 Å². The van der Waals surface area contributed by atoms with Crippen LogP contribution in [-0.4, -0.2) is 0 Å². The van der Waals surface area contributed by atoms with Crippen LogP contribution in [0.5, 0.6) is 0 Å². The van der Waals surface area contributed by atoms with Gasteiger partial charge in [0.25, 0.3) is 0 Å². The van der Waals surface area contributed by atoms with Crippen LogP contribution in [0.3, 0.4) is 0 Å². The van der Waals surface area contributed by atoms with E-state index in [4.69, 9.17) is 0 Å². The molecule has 0 unspecified atom stereocenters. The molecule has 25 heavy (non-hydrogen) atoms. The average molecular weight is 324 g/mol. The molecule has 0 aliphatic rings. The predicted octanol–water partition coefficient (Wildman–Crippen LogP) is 7.23. The van der Waals surface area contributed by atoms with Gasteiger partial charge in [0.1, 0.15) is 0 Å². The molecule has 0 fully saturated rings. The Morgan fingerprint density at radius 1 is 0.680 bits per heavy atom. The summed E-state index contributed by atoms with van der Waals surface area (Å²) in [6, 6.07) is 24.5. The van der Waals surface area contributed by atoms with Crippen molar-refractivity contribution in [3.63, 3.8) is 0 Å². The Kier molecular flexibility index (Phi) is 4.05. The van der Waals surface area contributed by atoms with Crippen molar-refractivity contribution in [2.24, 2.45) is 0 Å². The van der Waals surface area contributed by atoms with Gasteiger partial charge in [0, 0.05) is 0 Å². The summed E-state index contributed by atoms with van der Waals surface area (Å²) in [5.41, 5.74) is 7.04. The molecule has 0 N–H and O–H groups in total. The van der Waals surface area contributed by atoms with E-state index in [-0.39, 0.29) is 0 Å². The van der Waals surface area contributed by atoms with Crippen molar-refractivity contribution in [1.29, 1.82) is 0 Å². The zero-order chi connectivity index (χ0) is 17.4. The first-order valence-electron chi connectivity index (χ1n) is 9.20. The molecule has 124 valence electrons. The maximum Gasteiger partial charge on any atom is -0.0113 e. The standard InChI is InChI=1S/C25H24/c1-4-9-23-22-13-8-7-12-21(22)15-18(3)25(23)24-16-20-11-6-5-10-19(20)14-17(24)2/h5-8,10-16H,4,9H2,1-3H3. The van der Waals surface area contributed by atoms with Crippen LogP contribution in [0.2, 0.25) is 0 Å². The monoisotopic (exact) mass is 324 g/mol. The normalized spacial score (nSPS) is 11.3. The molecule has 0 spiro atoms. The SMILES string of the molecule is CCCc1c(-c2cc3ccccc3cc2C)c(C)cc2ccccc12. The molecule has 0 saturated heterocycles. The van der Waals surface area contributed by atoms with Crippen molar-refractivity contribution in [3.05, 3.63) is 83.4 Å². The van der Waals surface area contributed by atoms with Crippen LogP contribution in [0.4, 0.5) is 0 Å². The Morgan fingerprint density at radius 2 is 1.28 bits per heavy atom. The smallest absolute Gasteiger partial charge is 0.0113 e. The molecule has 0 aliphatic heterocycles. The number of aryl methyl sites for hydroxylation is 3. The summed E-state index contributed by atoms with van der Waals surface area (Å²) in [4.78, 5) is 0. The van der Waals surface area contributed by atoms with Gasteiger partial charge in [-0.05, 0) is 75.7 Å². The van der Waals surface area contributed by atoms with Gasteiger partial charge >= 0.3 is 0 Å². The molecule has 0 bridgehead atoms. The number of hydrogen-bond donors (Lipinski definition) is 0. The highest BCUT2D eigenvalue weighted by Crippen LogP contribution is 2.37. The minimum absolute atomic E-state index is 1.11. The summed E-state index contributed by atoms with van der Waals surface area (Å²) in [6.07, 6.45) is 2.27. The summed E-state index contributed by atoms with van der Waals surface area (Å²) in [6.45, 7) is 6.77. The van der Waals surface area contributed by atoms with Crippen LogP contribution in [0.1, 0.15) is 30.0 Å². The fraction of sp³-hybridized carbons (Fsp3) is 0.200. The maximum absolute atomic E-state index is 2.38. The molecule has 0 heterocycles. The lowest BCUT2D eigenvalue weighted by atomic mass is 9.85. The number of benzene rings is 4. The van der Waals surface area contributed by atoms with E-state index in [0.717, 1.165) is 12.8 Å². The quantitative estimate of drug-likeness (QED) is 0.373. The highest BCUT2D eigenvalue weighted by Gasteiger charge is 2.14. The number of hydrogen-bond acceptors (Lipinski definition) is 0. The van der Waals surface area contributed by atoms with Gasteiger partial charge in [0.15, 0.2) is 0 Å². The zero-order valence-corrected chi connectivity index (χ0v) is 15.3. The second-order valence-corrected chi connectivity index (χ2v) is 7.03. The average Bonchev–Trinajstić information content (AvgIpc) is 2.62. The molecule has 0 saturated carbocycles. The Labute approximate surface area is 150 Å². The van der Waals surface area contributed by atoms with Crippen molar-refractivity contribution in [3.8, 4) is 11.1 Å². The lowest BCUT2D eigenvalue weighted by Crippen LogP contribution is -1.97. The van der Waals surface area contributed by atoms with Crippen molar-refractivity contribution in [2.45, 2.75) is 33.6 Å². The third kappa shape index (κ3) is 2.72. The molecular formula is C25H24. The van der Waals surface area contributed by atoms with Gasteiger partial charge < -0.3 is 0 Å². The molecule has 4 aromatic carbocycles. The topological polar surface area (TPSA) is 0 Å². The van der Waals surface area contributed by atoms with Crippen LogP contribution in [0, 0.1) is 13.8 Å². The largest absolute Gasteiger partial charge is 0.0651 e. The number of rotatable bonds is 3. The van der Waals surface area contributed by atoms with E-state index in [9.17, 15) is 0 Å². The summed E-state index contributed by atoms with van der Waals surface area (Å²) in [5.74, 6) is 0. The second kappa shape index (κ2) is 6.37. The second-order valence-electron chi connectivity index (χ2n) is 7.03. The third-order valence-corrected chi connectivity index (χ3v) is 5.22. The zero-order valence-electron chi connectivity index (χ0n) is 15.3. The molecule has 4 aromatic rings. The first kappa shape index (κ1) is 15.9. The van der Waals surface area contributed by atoms with E-state index in [1.165, 1.54) is 49.4 Å². The molecule has 0 aliphatic carbocycles. The van der Waals surface area contributed by atoms with Gasteiger partial charge in [-0.2, -0.15) is 0 Å². The van der Waals surface area contributed by atoms with Crippen LogP contribution >= 0.6 is 0 Å². The van der Waals surface area contributed by atoms with Crippen LogP contribution < -0.4 is 0 Å². The lowest BCUT2D eigenvalue weighted by Gasteiger charge is -2.19. The van der Waals surface area contributed by atoms with Gasteiger partial charge in [-0.15, -0.1) is 0 Å². The van der Waals surface area contributed by atoms with Crippen molar-refractivity contribution < 1.29 is 0 Å². The number of fused-ring (bicyclic) bond motifs is 2.